The van der Waals surface area contributed by atoms with Crippen LogP contribution in [0.25, 0.3) is 0 Å². The molecule has 5 heteroatoms. The van der Waals surface area contributed by atoms with Gasteiger partial charge in [-0.2, -0.15) is 0 Å². The fourth-order valence-corrected chi connectivity index (χ4v) is 1.48. The number of hydrogen-bond donors (Lipinski definition) is 2. The Hall–Kier alpha value is -1.13. The molecule has 3 N–H and O–H groups in total. The van der Waals surface area contributed by atoms with E-state index in [-0.39, 0.29) is 17.3 Å². The van der Waals surface area contributed by atoms with Gasteiger partial charge >= 0.3 is 0 Å². The Bertz CT molecular complexity index is 406. The Morgan fingerprint density at radius 2 is 2.27 bits per heavy atom. The number of halogens is 1. The molecule has 3 nitrogen and oxygen atoms in total. The van der Waals surface area contributed by atoms with E-state index in [1.54, 1.807) is 18.2 Å². The number of benzene rings is 1. The lowest BCUT2D eigenvalue weighted by Crippen LogP contribution is -2.20. The normalized spacial score (nSPS) is 9.73. The molecule has 0 saturated carbocycles. The maximum Gasteiger partial charge on any atom is 0.231 e. The van der Waals surface area contributed by atoms with Gasteiger partial charge in [0, 0.05) is 10.7 Å². The van der Waals surface area contributed by atoms with Crippen molar-refractivity contribution in [3.05, 3.63) is 28.8 Å². The summed E-state index contributed by atoms with van der Waals surface area (Å²) in [4.78, 5) is 11.5. The summed E-state index contributed by atoms with van der Waals surface area (Å²) < 4.78 is 0. The highest BCUT2D eigenvalue weighted by atomic mass is 35.5. The molecule has 80 valence electrons. The van der Waals surface area contributed by atoms with Crippen LogP contribution in [0.15, 0.2) is 18.2 Å². The van der Waals surface area contributed by atoms with Crippen molar-refractivity contribution in [3.8, 4) is 0 Å². The van der Waals surface area contributed by atoms with Gasteiger partial charge in [-0.3, -0.25) is 4.79 Å². The second-order valence-electron chi connectivity index (χ2n) is 3.15. The van der Waals surface area contributed by atoms with E-state index in [9.17, 15) is 4.79 Å². The zero-order chi connectivity index (χ0) is 11.4. The minimum atomic E-state index is -0.215. The van der Waals surface area contributed by atoms with E-state index in [4.69, 9.17) is 17.3 Å². The molecule has 15 heavy (non-hydrogen) atoms. The summed E-state index contributed by atoms with van der Waals surface area (Å²) in [5.74, 6) is -0.215. The van der Waals surface area contributed by atoms with Gasteiger partial charge in [0.1, 0.15) is 0 Å². The first-order valence-corrected chi connectivity index (χ1v) is 5.12. The van der Waals surface area contributed by atoms with Crippen LogP contribution in [0, 0.1) is 6.92 Å². The van der Waals surface area contributed by atoms with E-state index < -0.39 is 0 Å². The number of thiocarbonyl (C=S) groups is 1. The molecular formula is C10H11ClN2OS. The molecule has 0 aliphatic carbocycles. The SMILES string of the molecule is Cc1cc(Cl)ccc1NC(=O)CC(N)=S. The molecule has 1 aromatic carbocycles. The van der Waals surface area contributed by atoms with Crippen molar-refractivity contribution in [1.29, 1.82) is 0 Å². The zero-order valence-corrected chi connectivity index (χ0v) is 9.78. The van der Waals surface area contributed by atoms with E-state index in [2.05, 4.69) is 17.5 Å². The molecule has 1 rings (SSSR count). The van der Waals surface area contributed by atoms with Gasteiger partial charge in [-0.1, -0.05) is 23.8 Å². The van der Waals surface area contributed by atoms with E-state index in [0.717, 1.165) is 11.3 Å². The number of nitrogens with one attached hydrogen (secondary N) is 1. The Morgan fingerprint density at radius 1 is 1.60 bits per heavy atom. The van der Waals surface area contributed by atoms with Crippen molar-refractivity contribution in [2.75, 3.05) is 5.32 Å². The summed E-state index contributed by atoms with van der Waals surface area (Å²) in [5, 5.41) is 3.34. The lowest BCUT2D eigenvalue weighted by Gasteiger charge is -2.07. The lowest BCUT2D eigenvalue weighted by atomic mass is 10.2. The van der Waals surface area contributed by atoms with Crippen molar-refractivity contribution in [2.24, 2.45) is 5.73 Å². The Kier molecular flexibility index (Phi) is 4.05. The summed E-state index contributed by atoms with van der Waals surface area (Å²) in [6, 6.07) is 5.23. The number of carbonyl (C=O) groups excluding carboxylic acids is 1. The number of carbonyl (C=O) groups is 1. The van der Waals surface area contributed by atoms with Crippen LogP contribution in [-0.4, -0.2) is 10.9 Å². The second kappa shape index (κ2) is 5.09. The molecule has 0 atom stereocenters. The molecule has 0 heterocycles. The third-order valence-corrected chi connectivity index (χ3v) is 2.18. The molecule has 0 fully saturated rings. The van der Waals surface area contributed by atoms with Gasteiger partial charge < -0.3 is 11.1 Å². The average Bonchev–Trinajstić information content (AvgIpc) is 2.08. The van der Waals surface area contributed by atoms with E-state index in [0.29, 0.717) is 5.02 Å². The van der Waals surface area contributed by atoms with Gasteiger partial charge in [0.05, 0.1) is 11.4 Å². The molecule has 0 spiro atoms. The fraction of sp³-hybridized carbons (Fsp3) is 0.200. The van der Waals surface area contributed by atoms with Gasteiger partial charge in [-0.25, -0.2) is 0 Å². The predicted octanol–water partition coefficient (Wildman–Crippen LogP) is 2.26. The lowest BCUT2D eigenvalue weighted by molar-refractivity contribution is -0.115. The highest BCUT2D eigenvalue weighted by molar-refractivity contribution is 7.80. The fourth-order valence-electron chi connectivity index (χ4n) is 1.12. The molecule has 0 unspecified atom stereocenters. The van der Waals surface area contributed by atoms with E-state index >= 15 is 0 Å². The highest BCUT2D eigenvalue weighted by Crippen LogP contribution is 2.19. The van der Waals surface area contributed by atoms with Crippen LogP contribution in [0.4, 0.5) is 5.69 Å². The quantitative estimate of drug-likeness (QED) is 0.800. The van der Waals surface area contributed by atoms with Crippen molar-refractivity contribution < 1.29 is 4.79 Å². The number of rotatable bonds is 3. The van der Waals surface area contributed by atoms with Crippen molar-refractivity contribution in [2.45, 2.75) is 13.3 Å². The summed E-state index contributed by atoms with van der Waals surface area (Å²) in [7, 11) is 0. The summed E-state index contributed by atoms with van der Waals surface area (Å²) in [5.41, 5.74) is 6.88. The second-order valence-corrected chi connectivity index (χ2v) is 4.11. The molecule has 1 aromatic rings. The van der Waals surface area contributed by atoms with Crippen molar-refractivity contribution in [3.63, 3.8) is 0 Å². The zero-order valence-electron chi connectivity index (χ0n) is 8.21. The Labute approximate surface area is 98.6 Å². The average molecular weight is 243 g/mol. The maximum atomic E-state index is 11.3. The Morgan fingerprint density at radius 3 is 2.80 bits per heavy atom. The van der Waals surface area contributed by atoms with Crippen LogP contribution in [0.2, 0.25) is 5.02 Å². The first-order chi connectivity index (χ1) is 6.99. The van der Waals surface area contributed by atoms with E-state index in [1.807, 2.05) is 6.92 Å². The minimum absolute atomic E-state index is 0.0530. The van der Waals surface area contributed by atoms with Gasteiger partial charge in [-0.15, -0.1) is 0 Å². The van der Waals surface area contributed by atoms with Gasteiger partial charge in [0.2, 0.25) is 5.91 Å². The minimum Gasteiger partial charge on any atom is -0.393 e. The first-order valence-electron chi connectivity index (χ1n) is 4.33. The van der Waals surface area contributed by atoms with Crippen molar-refractivity contribution >= 4 is 40.4 Å². The van der Waals surface area contributed by atoms with Crippen LogP contribution < -0.4 is 11.1 Å². The Balaban J connectivity index is 2.72. The molecule has 0 radical (unpaired) electrons. The molecule has 0 bridgehead atoms. The number of amides is 1. The topological polar surface area (TPSA) is 55.1 Å². The van der Waals surface area contributed by atoms with Crippen LogP contribution in [0.5, 0.6) is 0 Å². The summed E-state index contributed by atoms with van der Waals surface area (Å²) >= 11 is 10.4. The van der Waals surface area contributed by atoms with Gasteiger partial charge in [0.25, 0.3) is 0 Å². The third-order valence-electron chi connectivity index (χ3n) is 1.80. The van der Waals surface area contributed by atoms with Crippen LogP contribution >= 0.6 is 23.8 Å². The third kappa shape index (κ3) is 3.85. The molecule has 0 aliphatic rings. The summed E-state index contributed by atoms with van der Waals surface area (Å²) in [6.07, 6.45) is 0.0530. The maximum absolute atomic E-state index is 11.3. The first kappa shape index (κ1) is 11.9. The largest absolute Gasteiger partial charge is 0.393 e. The number of anilines is 1. The monoisotopic (exact) mass is 242 g/mol. The molecular weight excluding hydrogens is 232 g/mol. The van der Waals surface area contributed by atoms with Crippen LogP contribution in [0.1, 0.15) is 12.0 Å². The highest BCUT2D eigenvalue weighted by Gasteiger charge is 2.05. The van der Waals surface area contributed by atoms with Gasteiger partial charge in [-0.05, 0) is 30.7 Å². The number of hydrogen-bond acceptors (Lipinski definition) is 2. The molecule has 1 amide bonds. The number of aryl methyl sites for hydroxylation is 1. The smallest absolute Gasteiger partial charge is 0.231 e. The summed E-state index contributed by atoms with van der Waals surface area (Å²) in [6.45, 7) is 1.86. The molecule has 0 aliphatic heterocycles. The number of nitrogens with two attached hydrogens (primary N) is 1. The van der Waals surface area contributed by atoms with Crippen molar-refractivity contribution in [1.82, 2.24) is 0 Å². The van der Waals surface area contributed by atoms with Crippen LogP contribution in [-0.2, 0) is 4.79 Å². The standard InChI is InChI=1S/C10H11ClN2OS/c1-6-4-7(11)2-3-8(6)13-10(14)5-9(12)15/h2-4H,5H2,1H3,(H2,12,15)(H,13,14). The van der Waals surface area contributed by atoms with Gasteiger partial charge in [0.15, 0.2) is 0 Å². The predicted molar refractivity (Wildman–Crippen MR) is 66.2 cm³/mol. The molecule has 0 aromatic heterocycles. The van der Waals surface area contributed by atoms with E-state index in [1.165, 1.54) is 0 Å². The molecule has 0 saturated heterocycles. The van der Waals surface area contributed by atoms with Crippen LogP contribution in [0.3, 0.4) is 0 Å².